The Morgan fingerprint density at radius 2 is 2.17 bits per heavy atom. The number of methoxy groups -OCH3 is 1. The molecule has 1 amide bonds. The monoisotopic (exact) mass is 389 g/mol. The number of rotatable bonds is 5. The quantitative estimate of drug-likeness (QED) is 0.833. The molecule has 3 unspecified atom stereocenters. The summed E-state index contributed by atoms with van der Waals surface area (Å²) >= 11 is 3.16. The Labute approximate surface area is 141 Å². The number of hydrogen-bond acceptors (Lipinski definition) is 4. The molecular weight excluding hydrogens is 373 g/mol. The number of nitrogens with zero attached hydrogens (tertiary/aromatic N) is 1. The summed E-state index contributed by atoms with van der Waals surface area (Å²) in [6, 6.07) is 2.91. The van der Waals surface area contributed by atoms with E-state index in [-0.39, 0.29) is 19.1 Å². The zero-order valence-electron chi connectivity index (χ0n) is 12.7. The largest absolute Gasteiger partial charge is 0.480 e. The number of aliphatic carboxylic acids is 1. The molecule has 0 aliphatic carbocycles. The Kier molecular flexibility index (Phi) is 5.59. The van der Waals surface area contributed by atoms with Gasteiger partial charge in [0.2, 0.25) is 0 Å². The second-order valence-electron chi connectivity index (χ2n) is 5.27. The third kappa shape index (κ3) is 4.00. The number of carbonyl (C=O) groups excluding carboxylic acids is 1. The van der Waals surface area contributed by atoms with Gasteiger partial charge in [-0.05, 0) is 41.1 Å². The van der Waals surface area contributed by atoms with Crippen LogP contribution in [0.5, 0.6) is 5.75 Å². The minimum Gasteiger partial charge on any atom is -0.480 e. The average Bonchev–Trinajstić information content (AvgIpc) is 2.93. The highest BCUT2D eigenvalue weighted by Gasteiger charge is 2.41. The van der Waals surface area contributed by atoms with Crippen LogP contribution in [0.4, 0.5) is 4.39 Å². The second-order valence-corrected chi connectivity index (χ2v) is 6.13. The van der Waals surface area contributed by atoms with Gasteiger partial charge in [-0.1, -0.05) is 0 Å². The number of carbonyl (C=O) groups is 2. The van der Waals surface area contributed by atoms with Crippen LogP contribution in [-0.2, 0) is 14.3 Å². The van der Waals surface area contributed by atoms with Crippen molar-refractivity contribution in [3.63, 3.8) is 0 Å². The highest BCUT2D eigenvalue weighted by atomic mass is 79.9. The van der Waals surface area contributed by atoms with E-state index >= 15 is 0 Å². The standard InChI is InChI=1S/C15H17BrFNO5/c1-8(23-13-4-3-9(17)5-11(13)16)14(19)18-7-10(22-2)6-12(18)15(20)21/h3-5,8,10,12H,6-7H2,1-2H3,(H,20,21). The molecule has 0 spiro atoms. The van der Waals surface area contributed by atoms with Crippen LogP contribution >= 0.6 is 15.9 Å². The van der Waals surface area contributed by atoms with Gasteiger partial charge >= 0.3 is 5.97 Å². The maximum absolute atomic E-state index is 13.1. The molecular formula is C15H17BrFNO5. The molecule has 23 heavy (non-hydrogen) atoms. The molecule has 6 nitrogen and oxygen atoms in total. The van der Waals surface area contributed by atoms with Crippen LogP contribution in [0.3, 0.4) is 0 Å². The molecule has 1 heterocycles. The average molecular weight is 390 g/mol. The molecule has 2 rings (SSSR count). The van der Waals surface area contributed by atoms with Crippen molar-refractivity contribution >= 4 is 27.8 Å². The van der Waals surface area contributed by atoms with Crippen LogP contribution in [-0.4, -0.2) is 53.8 Å². The third-order valence-corrected chi connectivity index (χ3v) is 4.33. The number of amides is 1. The van der Waals surface area contributed by atoms with Crippen molar-refractivity contribution in [3.05, 3.63) is 28.5 Å². The summed E-state index contributed by atoms with van der Waals surface area (Å²) in [5.74, 6) is -1.65. The predicted molar refractivity (Wildman–Crippen MR) is 82.7 cm³/mol. The van der Waals surface area contributed by atoms with Crippen molar-refractivity contribution in [1.82, 2.24) is 4.90 Å². The van der Waals surface area contributed by atoms with E-state index in [1.807, 2.05) is 0 Å². The third-order valence-electron chi connectivity index (χ3n) is 3.71. The van der Waals surface area contributed by atoms with E-state index in [0.29, 0.717) is 10.2 Å². The van der Waals surface area contributed by atoms with Gasteiger partial charge in [-0.15, -0.1) is 0 Å². The number of carboxylic acids is 1. The summed E-state index contributed by atoms with van der Waals surface area (Å²) in [6.45, 7) is 1.72. The lowest BCUT2D eigenvalue weighted by atomic mass is 10.2. The number of halogens is 2. The fourth-order valence-corrected chi connectivity index (χ4v) is 2.94. The summed E-state index contributed by atoms with van der Waals surface area (Å²) in [5, 5.41) is 9.25. The molecule has 3 atom stereocenters. The Morgan fingerprint density at radius 3 is 2.74 bits per heavy atom. The van der Waals surface area contributed by atoms with Gasteiger partial charge in [0.1, 0.15) is 17.6 Å². The molecule has 0 aromatic heterocycles. The first kappa shape index (κ1) is 17.7. The van der Waals surface area contributed by atoms with E-state index in [4.69, 9.17) is 9.47 Å². The highest BCUT2D eigenvalue weighted by Crippen LogP contribution is 2.28. The summed E-state index contributed by atoms with van der Waals surface area (Å²) in [5.41, 5.74) is 0. The van der Waals surface area contributed by atoms with E-state index in [9.17, 15) is 19.1 Å². The normalized spacial score (nSPS) is 22.0. The minimum absolute atomic E-state index is 0.199. The lowest BCUT2D eigenvalue weighted by Gasteiger charge is -2.25. The van der Waals surface area contributed by atoms with Crippen LogP contribution < -0.4 is 4.74 Å². The van der Waals surface area contributed by atoms with Gasteiger partial charge in [-0.25, -0.2) is 9.18 Å². The maximum atomic E-state index is 13.1. The second kappa shape index (κ2) is 7.27. The van der Waals surface area contributed by atoms with Crippen molar-refractivity contribution in [2.45, 2.75) is 31.6 Å². The number of likely N-dealkylation sites (tertiary alicyclic amines) is 1. The smallest absolute Gasteiger partial charge is 0.326 e. The Balaban J connectivity index is 2.10. The highest BCUT2D eigenvalue weighted by molar-refractivity contribution is 9.10. The number of hydrogen-bond donors (Lipinski definition) is 1. The molecule has 0 saturated carbocycles. The van der Waals surface area contributed by atoms with Gasteiger partial charge in [0.05, 0.1) is 10.6 Å². The first-order chi connectivity index (χ1) is 10.8. The molecule has 1 aromatic rings. The van der Waals surface area contributed by atoms with Crippen LogP contribution in [0.15, 0.2) is 22.7 Å². The molecule has 1 fully saturated rings. The molecule has 1 aliphatic rings. The molecule has 1 aromatic carbocycles. The van der Waals surface area contributed by atoms with Crippen molar-refractivity contribution in [2.75, 3.05) is 13.7 Å². The Bertz CT molecular complexity index is 612. The first-order valence-corrected chi connectivity index (χ1v) is 7.80. The molecule has 1 saturated heterocycles. The van der Waals surface area contributed by atoms with Gasteiger partial charge < -0.3 is 19.5 Å². The number of ether oxygens (including phenoxy) is 2. The molecule has 126 valence electrons. The van der Waals surface area contributed by atoms with E-state index in [2.05, 4.69) is 15.9 Å². The Hall–Kier alpha value is -1.67. The van der Waals surface area contributed by atoms with Crippen molar-refractivity contribution in [2.24, 2.45) is 0 Å². The van der Waals surface area contributed by atoms with Crippen molar-refractivity contribution < 1.29 is 28.6 Å². The minimum atomic E-state index is -1.08. The lowest BCUT2D eigenvalue weighted by molar-refractivity contribution is -0.150. The molecule has 8 heteroatoms. The summed E-state index contributed by atoms with van der Waals surface area (Å²) in [6.07, 6.45) is -0.983. The summed E-state index contributed by atoms with van der Waals surface area (Å²) in [4.78, 5) is 25.1. The van der Waals surface area contributed by atoms with Crippen LogP contribution in [0, 0.1) is 5.82 Å². The van der Waals surface area contributed by atoms with Gasteiger partial charge in [0.25, 0.3) is 5.91 Å². The molecule has 1 N–H and O–H groups in total. The van der Waals surface area contributed by atoms with Crippen molar-refractivity contribution in [3.8, 4) is 5.75 Å². The molecule has 0 radical (unpaired) electrons. The zero-order valence-corrected chi connectivity index (χ0v) is 14.2. The van der Waals surface area contributed by atoms with Crippen LogP contribution in [0.2, 0.25) is 0 Å². The summed E-state index contributed by atoms with van der Waals surface area (Å²) in [7, 11) is 1.48. The number of carboxylic acid groups (broad SMARTS) is 1. The topological polar surface area (TPSA) is 76.1 Å². The van der Waals surface area contributed by atoms with Gasteiger partial charge in [-0.2, -0.15) is 0 Å². The van der Waals surface area contributed by atoms with E-state index < -0.39 is 29.8 Å². The van der Waals surface area contributed by atoms with Gasteiger partial charge in [0, 0.05) is 20.1 Å². The molecule has 0 bridgehead atoms. The van der Waals surface area contributed by atoms with Gasteiger partial charge in [-0.3, -0.25) is 4.79 Å². The van der Waals surface area contributed by atoms with Crippen LogP contribution in [0.1, 0.15) is 13.3 Å². The SMILES string of the molecule is COC1CC(C(=O)O)N(C(=O)C(C)Oc2ccc(F)cc2Br)C1. The van der Waals surface area contributed by atoms with E-state index in [0.717, 1.165) is 0 Å². The Morgan fingerprint density at radius 1 is 1.48 bits per heavy atom. The van der Waals surface area contributed by atoms with Gasteiger partial charge in [0.15, 0.2) is 6.10 Å². The maximum Gasteiger partial charge on any atom is 0.326 e. The predicted octanol–water partition coefficient (Wildman–Crippen LogP) is 2.06. The van der Waals surface area contributed by atoms with E-state index in [1.54, 1.807) is 0 Å². The van der Waals surface area contributed by atoms with Crippen molar-refractivity contribution in [1.29, 1.82) is 0 Å². The summed E-state index contributed by atoms with van der Waals surface area (Å²) < 4.78 is 24.1. The number of benzene rings is 1. The lowest BCUT2D eigenvalue weighted by Crippen LogP contribution is -2.46. The zero-order chi connectivity index (χ0) is 17.1. The fraction of sp³-hybridized carbons (Fsp3) is 0.467. The first-order valence-electron chi connectivity index (χ1n) is 7.01. The van der Waals surface area contributed by atoms with Crippen LogP contribution in [0.25, 0.3) is 0 Å². The van der Waals surface area contributed by atoms with E-state index in [1.165, 1.54) is 37.1 Å². The fourth-order valence-electron chi connectivity index (χ4n) is 2.49. The molecule has 1 aliphatic heterocycles.